The number of para-hydroxylation sites is 1. The Kier molecular flexibility index (Phi) is 6.07. The second-order valence-electron chi connectivity index (χ2n) is 6.39. The lowest BCUT2D eigenvalue weighted by Gasteiger charge is -2.10. The van der Waals surface area contributed by atoms with E-state index in [1.807, 2.05) is 62.4 Å². The van der Waals surface area contributed by atoms with Gasteiger partial charge in [-0.25, -0.2) is 4.79 Å². The van der Waals surface area contributed by atoms with Gasteiger partial charge in [-0.05, 0) is 55.8 Å². The summed E-state index contributed by atoms with van der Waals surface area (Å²) in [6.07, 6.45) is 0. The minimum atomic E-state index is -0.589. The summed E-state index contributed by atoms with van der Waals surface area (Å²) in [5, 5.41) is 2.75. The molecule has 0 spiro atoms. The molecule has 0 aliphatic heterocycles. The molecular formula is C23H21NO4. The van der Waals surface area contributed by atoms with Crippen LogP contribution < -0.4 is 10.1 Å². The van der Waals surface area contributed by atoms with E-state index in [4.69, 9.17) is 9.47 Å². The van der Waals surface area contributed by atoms with Crippen LogP contribution in [0.15, 0.2) is 72.8 Å². The van der Waals surface area contributed by atoms with Crippen LogP contribution in [0.2, 0.25) is 0 Å². The highest BCUT2D eigenvalue weighted by atomic mass is 16.5. The lowest BCUT2D eigenvalue weighted by molar-refractivity contribution is -0.119. The highest BCUT2D eigenvalue weighted by Crippen LogP contribution is 2.22. The highest BCUT2D eigenvalue weighted by molar-refractivity contribution is 5.96. The Morgan fingerprint density at radius 1 is 0.857 bits per heavy atom. The van der Waals surface area contributed by atoms with Gasteiger partial charge in [0.05, 0.1) is 5.56 Å². The molecule has 0 saturated heterocycles. The van der Waals surface area contributed by atoms with Crippen molar-refractivity contribution in [2.45, 2.75) is 13.8 Å². The fourth-order valence-electron chi connectivity index (χ4n) is 2.67. The molecule has 0 aliphatic carbocycles. The molecule has 0 unspecified atom stereocenters. The maximum absolute atomic E-state index is 12.3. The lowest BCUT2D eigenvalue weighted by Crippen LogP contribution is -2.21. The summed E-state index contributed by atoms with van der Waals surface area (Å²) in [5.74, 6) is 0.201. The zero-order valence-corrected chi connectivity index (χ0v) is 15.8. The molecule has 0 aromatic heterocycles. The lowest BCUT2D eigenvalue weighted by atomic mass is 10.1. The van der Waals surface area contributed by atoms with E-state index in [1.54, 1.807) is 24.3 Å². The first-order valence-corrected chi connectivity index (χ1v) is 8.88. The van der Waals surface area contributed by atoms with Gasteiger partial charge in [0.25, 0.3) is 5.91 Å². The highest BCUT2D eigenvalue weighted by Gasteiger charge is 2.12. The van der Waals surface area contributed by atoms with Crippen LogP contribution in [0.1, 0.15) is 21.5 Å². The summed E-state index contributed by atoms with van der Waals surface area (Å²) in [7, 11) is 0. The molecule has 0 bridgehead atoms. The van der Waals surface area contributed by atoms with Gasteiger partial charge < -0.3 is 14.8 Å². The van der Waals surface area contributed by atoms with E-state index in [1.165, 1.54) is 0 Å². The largest absolute Gasteiger partial charge is 0.457 e. The molecule has 0 radical (unpaired) electrons. The molecule has 0 saturated carbocycles. The molecule has 28 heavy (non-hydrogen) atoms. The molecule has 1 N–H and O–H groups in total. The second-order valence-corrected chi connectivity index (χ2v) is 6.39. The number of carbonyl (C=O) groups excluding carboxylic acids is 2. The standard InChI is InChI=1S/C23H21NO4/c1-16-11-12-21(17(2)13-16)24-22(25)15-27-23(26)18-7-6-10-20(14-18)28-19-8-4-3-5-9-19/h3-14H,15H2,1-2H3,(H,24,25). The normalized spacial score (nSPS) is 10.2. The van der Waals surface area contributed by atoms with Crippen LogP contribution >= 0.6 is 0 Å². The summed E-state index contributed by atoms with van der Waals surface area (Å²) in [6.45, 7) is 3.53. The average molecular weight is 375 g/mol. The maximum Gasteiger partial charge on any atom is 0.338 e. The van der Waals surface area contributed by atoms with Crippen LogP contribution in [-0.4, -0.2) is 18.5 Å². The first-order chi connectivity index (χ1) is 13.5. The molecule has 0 heterocycles. The van der Waals surface area contributed by atoms with E-state index < -0.39 is 11.9 Å². The molecule has 5 nitrogen and oxygen atoms in total. The first-order valence-electron chi connectivity index (χ1n) is 8.88. The Balaban J connectivity index is 1.57. The van der Waals surface area contributed by atoms with Gasteiger partial charge in [0.15, 0.2) is 6.61 Å². The number of anilines is 1. The zero-order chi connectivity index (χ0) is 19.9. The summed E-state index contributed by atoms with van der Waals surface area (Å²) in [4.78, 5) is 24.3. The van der Waals surface area contributed by atoms with Gasteiger partial charge >= 0.3 is 5.97 Å². The molecule has 0 aliphatic rings. The Labute approximate surface area is 163 Å². The van der Waals surface area contributed by atoms with Crippen LogP contribution in [0.3, 0.4) is 0 Å². The third-order valence-electron chi connectivity index (χ3n) is 4.04. The average Bonchev–Trinajstić information content (AvgIpc) is 2.69. The topological polar surface area (TPSA) is 64.6 Å². The van der Waals surface area contributed by atoms with Gasteiger partial charge in [0.1, 0.15) is 11.5 Å². The van der Waals surface area contributed by atoms with E-state index >= 15 is 0 Å². The summed E-state index contributed by atoms with van der Waals surface area (Å²) >= 11 is 0. The van der Waals surface area contributed by atoms with Crippen molar-refractivity contribution in [1.29, 1.82) is 0 Å². The van der Waals surface area contributed by atoms with Crippen molar-refractivity contribution in [2.75, 3.05) is 11.9 Å². The van der Waals surface area contributed by atoms with Gasteiger partial charge in [0, 0.05) is 5.69 Å². The fourth-order valence-corrected chi connectivity index (χ4v) is 2.67. The number of carbonyl (C=O) groups is 2. The zero-order valence-electron chi connectivity index (χ0n) is 15.8. The third kappa shape index (κ3) is 5.20. The minimum absolute atomic E-state index is 0.313. The number of amides is 1. The molecule has 0 fully saturated rings. The summed E-state index contributed by atoms with van der Waals surface area (Å²) in [5.41, 5.74) is 3.07. The number of hydrogen-bond donors (Lipinski definition) is 1. The van der Waals surface area contributed by atoms with Crippen molar-refractivity contribution in [3.8, 4) is 11.5 Å². The molecule has 3 rings (SSSR count). The van der Waals surface area contributed by atoms with E-state index in [-0.39, 0.29) is 6.61 Å². The van der Waals surface area contributed by atoms with E-state index in [0.29, 0.717) is 22.7 Å². The smallest absolute Gasteiger partial charge is 0.338 e. The van der Waals surface area contributed by atoms with Crippen molar-refractivity contribution in [2.24, 2.45) is 0 Å². The Morgan fingerprint density at radius 3 is 2.36 bits per heavy atom. The molecule has 1 amide bonds. The van der Waals surface area contributed by atoms with Crippen molar-refractivity contribution < 1.29 is 19.1 Å². The van der Waals surface area contributed by atoms with Gasteiger partial charge in [0.2, 0.25) is 0 Å². The molecule has 3 aromatic rings. The number of benzene rings is 3. The van der Waals surface area contributed by atoms with Crippen LogP contribution in [0, 0.1) is 13.8 Å². The van der Waals surface area contributed by atoms with Crippen molar-refractivity contribution in [1.82, 2.24) is 0 Å². The van der Waals surface area contributed by atoms with Crippen molar-refractivity contribution in [3.05, 3.63) is 89.5 Å². The summed E-state index contributed by atoms with van der Waals surface area (Å²) < 4.78 is 10.8. The first kappa shape index (κ1) is 19.2. The number of aryl methyl sites for hydroxylation is 2. The molecule has 142 valence electrons. The Morgan fingerprint density at radius 2 is 1.61 bits per heavy atom. The number of esters is 1. The molecule has 0 atom stereocenters. The minimum Gasteiger partial charge on any atom is -0.457 e. The Bertz CT molecular complexity index is 983. The van der Waals surface area contributed by atoms with Crippen LogP contribution in [-0.2, 0) is 9.53 Å². The Hall–Kier alpha value is -3.60. The van der Waals surface area contributed by atoms with Crippen LogP contribution in [0.4, 0.5) is 5.69 Å². The van der Waals surface area contributed by atoms with E-state index in [9.17, 15) is 9.59 Å². The van der Waals surface area contributed by atoms with Gasteiger partial charge in [-0.1, -0.05) is 42.0 Å². The van der Waals surface area contributed by atoms with Gasteiger partial charge in [-0.3, -0.25) is 4.79 Å². The number of nitrogens with one attached hydrogen (secondary N) is 1. The van der Waals surface area contributed by atoms with Crippen LogP contribution in [0.25, 0.3) is 0 Å². The van der Waals surface area contributed by atoms with Crippen molar-refractivity contribution in [3.63, 3.8) is 0 Å². The maximum atomic E-state index is 12.3. The number of ether oxygens (including phenoxy) is 2. The van der Waals surface area contributed by atoms with Gasteiger partial charge in [-0.15, -0.1) is 0 Å². The third-order valence-corrected chi connectivity index (χ3v) is 4.04. The quantitative estimate of drug-likeness (QED) is 0.623. The van der Waals surface area contributed by atoms with Crippen LogP contribution in [0.5, 0.6) is 11.5 Å². The summed E-state index contributed by atoms with van der Waals surface area (Å²) in [6, 6.07) is 21.6. The molecule has 3 aromatic carbocycles. The van der Waals surface area contributed by atoms with Crippen molar-refractivity contribution >= 4 is 17.6 Å². The van der Waals surface area contributed by atoms with E-state index in [0.717, 1.165) is 11.1 Å². The van der Waals surface area contributed by atoms with Gasteiger partial charge in [-0.2, -0.15) is 0 Å². The molecular weight excluding hydrogens is 354 g/mol. The number of hydrogen-bond acceptors (Lipinski definition) is 4. The number of rotatable bonds is 6. The predicted molar refractivity (Wildman–Crippen MR) is 108 cm³/mol. The monoisotopic (exact) mass is 375 g/mol. The fraction of sp³-hybridized carbons (Fsp3) is 0.130. The van der Waals surface area contributed by atoms with E-state index in [2.05, 4.69) is 5.32 Å². The molecule has 5 heteroatoms. The SMILES string of the molecule is Cc1ccc(NC(=O)COC(=O)c2cccc(Oc3ccccc3)c2)c(C)c1. The second kappa shape index (κ2) is 8.86. The predicted octanol–water partition coefficient (Wildman–Crippen LogP) is 4.89.